The molecule has 1 fully saturated rings. The number of nitrogens with zero attached hydrogens (tertiary/aromatic N) is 5. The van der Waals surface area contributed by atoms with Crippen molar-refractivity contribution < 1.29 is 13.9 Å². The SMILES string of the molecule is O=C(Nc1ccnc2cccnc12)c1cn([C@H]2COC[C@H]2F)nn1. The van der Waals surface area contributed by atoms with Crippen LogP contribution in [0.3, 0.4) is 0 Å². The van der Waals surface area contributed by atoms with Gasteiger partial charge in [0.15, 0.2) is 5.69 Å². The number of nitrogens with one attached hydrogen (secondary N) is 1. The second kappa shape index (κ2) is 5.93. The van der Waals surface area contributed by atoms with Crippen LogP contribution in [0.1, 0.15) is 16.5 Å². The fourth-order valence-electron chi connectivity index (χ4n) is 2.57. The van der Waals surface area contributed by atoms with Crippen molar-refractivity contribution >= 4 is 22.6 Å². The topological polar surface area (TPSA) is 94.8 Å². The maximum absolute atomic E-state index is 13.7. The average molecular weight is 328 g/mol. The summed E-state index contributed by atoms with van der Waals surface area (Å²) in [6, 6.07) is 4.67. The van der Waals surface area contributed by atoms with Crippen molar-refractivity contribution in [2.75, 3.05) is 18.5 Å². The van der Waals surface area contributed by atoms with Crippen LogP contribution in [0.4, 0.5) is 10.1 Å². The van der Waals surface area contributed by atoms with Crippen LogP contribution in [-0.4, -0.2) is 50.3 Å². The highest BCUT2D eigenvalue weighted by Crippen LogP contribution is 2.22. The fraction of sp³-hybridized carbons (Fsp3) is 0.267. The Balaban J connectivity index is 1.57. The molecule has 2 atom stereocenters. The van der Waals surface area contributed by atoms with E-state index in [0.717, 1.165) is 0 Å². The number of amides is 1. The number of pyridine rings is 2. The number of halogens is 1. The number of rotatable bonds is 3. The van der Waals surface area contributed by atoms with Crippen LogP contribution in [0.5, 0.6) is 0 Å². The molecule has 8 nitrogen and oxygen atoms in total. The standard InChI is InChI=1S/C15H13FN6O2/c16-9-7-24-8-13(9)22-6-12(20-21-22)15(23)19-11-3-5-17-10-2-1-4-18-14(10)11/h1-6,9,13H,7-8H2,(H,17,19,23)/t9-,13+/m1/s1. The molecule has 0 saturated carbocycles. The van der Waals surface area contributed by atoms with Crippen molar-refractivity contribution in [3.8, 4) is 0 Å². The van der Waals surface area contributed by atoms with Crippen molar-refractivity contribution in [1.82, 2.24) is 25.0 Å². The number of anilines is 1. The summed E-state index contributed by atoms with van der Waals surface area (Å²) in [5.74, 6) is -0.450. The Labute approximate surface area is 135 Å². The predicted molar refractivity (Wildman–Crippen MR) is 82.3 cm³/mol. The highest BCUT2D eigenvalue weighted by Gasteiger charge is 2.31. The highest BCUT2D eigenvalue weighted by atomic mass is 19.1. The average Bonchev–Trinajstić information content (AvgIpc) is 3.24. The summed E-state index contributed by atoms with van der Waals surface area (Å²) in [6.45, 7) is 0.241. The lowest BCUT2D eigenvalue weighted by molar-refractivity contribution is 0.102. The molecule has 4 heterocycles. The van der Waals surface area contributed by atoms with Crippen molar-refractivity contribution in [2.24, 2.45) is 0 Å². The van der Waals surface area contributed by atoms with Gasteiger partial charge >= 0.3 is 0 Å². The molecule has 24 heavy (non-hydrogen) atoms. The number of hydrogen-bond donors (Lipinski definition) is 1. The smallest absolute Gasteiger partial charge is 0.277 e. The lowest BCUT2D eigenvalue weighted by atomic mass is 10.2. The van der Waals surface area contributed by atoms with E-state index >= 15 is 0 Å². The van der Waals surface area contributed by atoms with Gasteiger partial charge in [0.25, 0.3) is 5.91 Å². The summed E-state index contributed by atoms with van der Waals surface area (Å²) >= 11 is 0. The molecule has 0 bridgehead atoms. The monoisotopic (exact) mass is 328 g/mol. The number of alkyl halides is 1. The molecule has 4 rings (SSSR count). The number of carbonyl (C=O) groups excluding carboxylic acids is 1. The molecule has 1 aliphatic heterocycles. The summed E-state index contributed by atoms with van der Waals surface area (Å²) < 4.78 is 20.1. The van der Waals surface area contributed by atoms with Crippen LogP contribution >= 0.6 is 0 Å². The Kier molecular flexibility index (Phi) is 3.62. The van der Waals surface area contributed by atoms with Gasteiger partial charge in [-0.3, -0.25) is 14.8 Å². The minimum atomic E-state index is -1.16. The van der Waals surface area contributed by atoms with Crippen molar-refractivity contribution in [3.63, 3.8) is 0 Å². The summed E-state index contributed by atoms with van der Waals surface area (Å²) in [7, 11) is 0. The second-order valence-corrected chi connectivity index (χ2v) is 5.39. The predicted octanol–water partition coefficient (Wildman–Crippen LogP) is 1.38. The first-order chi connectivity index (χ1) is 11.7. The summed E-state index contributed by atoms with van der Waals surface area (Å²) in [5.41, 5.74) is 1.86. The van der Waals surface area contributed by atoms with Crippen molar-refractivity contribution in [3.05, 3.63) is 42.5 Å². The van der Waals surface area contributed by atoms with Crippen LogP contribution in [-0.2, 0) is 4.74 Å². The Hall–Kier alpha value is -2.94. The van der Waals surface area contributed by atoms with E-state index < -0.39 is 18.1 Å². The molecule has 1 N–H and O–H groups in total. The molecular formula is C15H13FN6O2. The van der Waals surface area contributed by atoms with Crippen LogP contribution in [0, 0.1) is 0 Å². The third kappa shape index (κ3) is 2.58. The second-order valence-electron chi connectivity index (χ2n) is 5.39. The molecule has 0 unspecified atom stereocenters. The summed E-state index contributed by atoms with van der Waals surface area (Å²) in [6.07, 6.45) is 3.46. The van der Waals surface area contributed by atoms with Gasteiger partial charge in [0.2, 0.25) is 0 Å². The number of carbonyl (C=O) groups is 1. The Bertz CT molecular complexity index is 893. The third-order valence-electron chi connectivity index (χ3n) is 3.81. The van der Waals surface area contributed by atoms with E-state index in [9.17, 15) is 9.18 Å². The van der Waals surface area contributed by atoms with Gasteiger partial charge in [0, 0.05) is 12.4 Å². The quantitative estimate of drug-likeness (QED) is 0.780. The molecule has 122 valence electrons. The molecular weight excluding hydrogens is 315 g/mol. The molecule has 0 aliphatic carbocycles. The van der Waals surface area contributed by atoms with Gasteiger partial charge in [0.1, 0.15) is 17.7 Å². The fourth-order valence-corrected chi connectivity index (χ4v) is 2.57. The van der Waals surface area contributed by atoms with Crippen LogP contribution in [0.2, 0.25) is 0 Å². The maximum atomic E-state index is 13.7. The number of hydrogen-bond acceptors (Lipinski definition) is 6. The molecule has 1 aliphatic rings. The minimum Gasteiger partial charge on any atom is -0.376 e. The summed E-state index contributed by atoms with van der Waals surface area (Å²) in [4.78, 5) is 20.8. The van der Waals surface area contributed by atoms with E-state index in [1.54, 1.807) is 30.6 Å². The van der Waals surface area contributed by atoms with Gasteiger partial charge in [-0.15, -0.1) is 5.10 Å². The highest BCUT2D eigenvalue weighted by molar-refractivity contribution is 6.06. The largest absolute Gasteiger partial charge is 0.376 e. The van der Waals surface area contributed by atoms with E-state index in [4.69, 9.17) is 4.74 Å². The normalized spacial score (nSPS) is 20.4. The number of aromatic nitrogens is 5. The summed E-state index contributed by atoms with van der Waals surface area (Å²) in [5, 5.41) is 10.4. The van der Waals surface area contributed by atoms with Crippen LogP contribution < -0.4 is 5.32 Å². The van der Waals surface area contributed by atoms with Gasteiger partial charge in [-0.2, -0.15) is 0 Å². The van der Waals surface area contributed by atoms with Crippen molar-refractivity contribution in [1.29, 1.82) is 0 Å². The lowest BCUT2D eigenvalue weighted by Gasteiger charge is -2.09. The van der Waals surface area contributed by atoms with Gasteiger partial charge < -0.3 is 10.1 Å². The Morgan fingerprint density at radius 3 is 3.04 bits per heavy atom. The zero-order valence-corrected chi connectivity index (χ0v) is 12.5. The molecule has 9 heteroatoms. The molecule has 3 aromatic heterocycles. The third-order valence-corrected chi connectivity index (χ3v) is 3.81. The number of fused-ring (bicyclic) bond motifs is 1. The van der Waals surface area contributed by atoms with E-state index in [1.807, 2.05) is 0 Å². The van der Waals surface area contributed by atoms with E-state index in [0.29, 0.717) is 16.7 Å². The maximum Gasteiger partial charge on any atom is 0.277 e. The first-order valence-corrected chi connectivity index (χ1v) is 7.37. The molecule has 0 radical (unpaired) electrons. The molecule has 1 saturated heterocycles. The Morgan fingerprint density at radius 1 is 1.29 bits per heavy atom. The van der Waals surface area contributed by atoms with Gasteiger partial charge in [0.05, 0.1) is 30.6 Å². The molecule has 3 aromatic rings. The van der Waals surface area contributed by atoms with Crippen LogP contribution in [0.15, 0.2) is 36.8 Å². The molecule has 1 amide bonds. The van der Waals surface area contributed by atoms with Gasteiger partial charge in [-0.25, -0.2) is 9.07 Å². The van der Waals surface area contributed by atoms with E-state index in [-0.39, 0.29) is 18.9 Å². The molecule has 0 aromatic carbocycles. The van der Waals surface area contributed by atoms with Crippen molar-refractivity contribution in [2.45, 2.75) is 12.2 Å². The molecule has 0 spiro atoms. The van der Waals surface area contributed by atoms with Crippen LogP contribution in [0.25, 0.3) is 11.0 Å². The zero-order valence-electron chi connectivity index (χ0n) is 12.5. The lowest BCUT2D eigenvalue weighted by Crippen LogP contribution is -2.19. The minimum absolute atomic E-state index is 0.0285. The first kappa shape index (κ1) is 14.6. The van der Waals surface area contributed by atoms with E-state index in [1.165, 1.54) is 10.9 Å². The van der Waals surface area contributed by atoms with Gasteiger partial charge in [-0.1, -0.05) is 5.21 Å². The van der Waals surface area contributed by atoms with E-state index in [2.05, 4.69) is 25.6 Å². The first-order valence-electron chi connectivity index (χ1n) is 7.37. The Morgan fingerprint density at radius 2 is 2.21 bits per heavy atom. The number of ether oxygens (including phenoxy) is 1. The zero-order chi connectivity index (χ0) is 16.5. The van der Waals surface area contributed by atoms with Gasteiger partial charge in [-0.05, 0) is 18.2 Å².